The van der Waals surface area contributed by atoms with Crippen molar-refractivity contribution in [1.29, 1.82) is 0 Å². The van der Waals surface area contributed by atoms with E-state index in [9.17, 15) is 21.6 Å². The Morgan fingerprint density at radius 2 is 1.80 bits per heavy atom. The van der Waals surface area contributed by atoms with Gasteiger partial charge in [-0.25, -0.2) is 4.98 Å². The number of nitrogens with two attached hydrogens (primary N) is 1. The Labute approximate surface area is 116 Å². The average Bonchev–Trinajstić information content (AvgIpc) is 2.75. The molecule has 0 atom stereocenters. The smallest absolute Gasteiger partial charge is 0.375 e. The van der Waals surface area contributed by atoms with Crippen LogP contribution in [-0.2, 0) is 10.0 Å². The van der Waals surface area contributed by atoms with Crippen molar-refractivity contribution in [3.63, 3.8) is 0 Å². The molecule has 108 valence electrons. The van der Waals surface area contributed by atoms with Gasteiger partial charge in [0.25, 0.3) is 0 Å². The van der Waals surface area contributed by atoms with Crippen LogP contribution in [0.15, 0.2) is 29.6 Å². The van der Waals surface area contributed by atoms with Crippen LogP contribution >= 0.6 is 11.3 Å². The molecule has 0 saturated carbocycles. The Morgan fingerprint density at radius 1 is 1.20 bits per heavy atom. The van der Waals surface area contributed by atoms with Crippen molar-refractivity contribution in [3.8, 4) is 11.3 Å². The molecule has 0 amide bonds. The van der Waals surface area contributed by atoms with Crippen LogP contribution in [0.4, 0.5) is 24.0 Å². The van der Waals surface area contributed by atoms with E-state index in [1.807, 2.05) is 0 Å². The van der Waals surface area contributed by atoms with Gasteiger partial charge in [-0.3, -0.25) is 4.72 Å². The predicted molar refractivity (Wildman–Crippen MR) is 70.6 cm³/mol. The van der Waals surface area contributed by atoms with Gasteiger partial charge < -0.3 is 5.73 Å². The molecule has 1 aromatic heterocycles. The van der Waals surface area contributed by atoms with Gasteiger partial charge >= 0.3 is 15.5 Å². The maximum Gasteiger partial charge on any atom is 0.516 e. The lowest BCUT2D eigenvalue weighted by Crippen LogP contribution is -2.29. The third kappa shape index (κ3) is 3.02. The summed E-state index contributed by atoms with van der Waals surface area (Å²) in [5, 5.41) is 2.05. The summed E-state index contributed by atoms with van der Waals surface area (Å²) in [6.07, 6.45) is 0. The summed E-state index contributed by atoms with van der Waals surface area (Å²) in [5.74, 6) is 0. The molecule has 1 heterocycles. The second kappa shape index (κ2) is 4.94. The summed E-state index contributed by atoms with van der Waals surface area (Å²) in [6, 6.07) is 5.33. The molecule has 0 aliphatic carbocycles. The molecule has 20 heavy (non-hydrogen) atoms. The van der Waals surface area contributed by atoms with Gasteiger partial charge in [0.1, 0.15) is 0 Å². The topological polar surface area (TPSA) is 85.1 Å². The van der Waals surface area contributed by atoms with Crippen LogP contribution in [0.5, 0.6) is 0 Å². The van der Waals surface area contributed by atoms with E-state index in [1.165, 1.54) is 40.3 Å². The minimum Gasteiger partial charge on any atom is -0.375 e. The number of thiazole rings is 1. The third-order valence-corrected chi connectivity index (χ3v) is 4.05. The number of aromatic nitrogens is 1. The van der Waals surface area contributed by atoms with E-state index in [4.69, 9.17) is 5.73 Å². The molecule has 2 aromatic rings. The molecular weight excluding hydrogens is 315 g/mol. The van der Waals surface area contributed by atoms with Gasteiger partial charge in [0.15, 0.2) is 5.13 Å². The Bertz CT molecular complexity index is 708. The van der Waals surface area contributed by atoms with Crippen molar-refractivity contribution in [1.82, 2.24) is 4.98 Å². The van der Waals surface area contributed by atoms with Crippen molar-refractivity contribution in [2.24, 2.45) is 0 Å². The average molecular weight is 323 g/mol. The van der Waals surface area contributed by atoms with Gasteiger partial charge in [-0.2, -0.15) is 21.6 Å². The van der Waals surface area contributed by atoms with Crippen molar-refractivity contribution in [2.45, 2.75) is 5.51 Å². The second-order valence-electron chi connectivity index (χ2n) is 3.70. The van der Waals surface area contributed by atoms with Gasteiger partial charge in [0.2, 0.25) is 0 Å². The lowest BCUT2D eigenvalue weighted by Gasteiger charge is -2.10. The van der Waals surface area contributed by atoms with E-state index in [1.54, 1.807) is 5.38 Å². The summed E-state index contributed by atoms with van der Waals surface area (Å²) in [4.78, 5) is 4.00. The van der Waals surface area contributed by atoms with E-state index in [0.29, 0.717) is 16.4 Å². The SMILES string of the molecule is Nc1nc(-c2ccc(NS(=O)(=O)C(F)(F)F)cc2)cs1. The number of benzene rings is 1. The van der Waals surface area contributed by atoms with E-state index >= 15 is 0 Å². The number of rotatable bonds is 3. The first-order valence-corrected chi connectivity index (χ1v) is 7.46. The van der Waals surface area contributed by atoms with E-state index in [0.717, 1.165) is 0 Å². The van der Waals surface area contributed by atoms with Crippen LogP contribution in [-0.4, -0.2) is 18.9 Å². The van der Waals surface area contributed by atoms with E-state index in [-0.39, 0.29) is 5.69 Å². The molecule has 0 bridgehead atoms. The van der Waals surface area contributed by atoms with Gasteiger partial charge in [0.05, 0.1) is 5.69 Å². The third-order valence-electron chi connectivity index (χ3n) is 2.26. The first kappa shape index (κ1) is 14.6. The molecule has 0 unspecified atom stereocenters. The fourth-order valence-electron chi connectivity index (χ4n) is 1.34. The van der Waals surface area contributed by atoms with Crippen LogP contribution < -0.4 is 10.5 Å². The molecule has 10 heteroatoms. The number of nitrogen functional groups attached to an aromatic ring is 1. The van der Waals surface area contributed by atoms with Crippen molar-refractivity contribution < 1.29 is 21.6 Å². The van der Waals surface area contributed by atoms with Crippen molar-refractivity contribution in [3.05, 3.63) is 29.6 Å². The molecule has 0 aliphatic rings. The minimum atomic E-state index is -5.41. The maximum atomic E-state index is 12.2. The van der Waals surface area contributed by atoms with Crippen LogP contribution in [0.25, 0.3) is 11.3 Å². The number of hydrogen-bond acceptors (Lipinski definition) is 5. The highest BCUT2D eigenvalue weighted by Gasteiger charge is 2.45. The Hall–Kier alpha value is -1.81. The van der Waals surface area contributed by atoms with Crippen LogP contribution in [0, 0.1) is 0 Å². The normalized spacial score (nSPS) is 12.3. The summed E-state index contributed by atoms with van der Waals surface area (Å²) in [5.41, 5.74) is 1.12. The largest absolute Gasteiger partial charge is 0.516 e. The highest BCUT2D eigenvalue weighted by Crippen LogP contribution is 2.27. The number of nitrogens with one attached hydrogen (secondary N) is 1. The molecule has 0 spiro atoms. The van der Waals surface area contributed by atoms with Gasteiger partial charge in [-0.05, 0) is 12.1 Å². The number of anilines is 2. The lowest BCUT2D eigenvalue weighted by atomic mass is 10.1. The summed E-state index contributed by atoms with van der Waals surface area (Å²) in [7, 11) is -5.41. The monoisotopic (exact) mass is 323 g/mol. The van der Waals surface area contributed by atoms with E-state index < -0.39 is 15.5 Å². The zero-order valence-electron chi connectivity index (χ0n) is 9.68. The number of hydrogen-bond donors (Lipinski definition) is 2. The lowest BCUT2D eigenvalue weighted by molar-refractivity contribution is -0.0429. The Kier molecular flexibility index (Phi) is 3.61. The molecule has 5 nitrogen and oxygen atoms in total. The first-order valence-electron chi connectivity index (χ1n) is 5.09. The quantitative estimate of drug-likeness (QED) is 0.909. The Morgan fingerprint density at radius 3 is 2.25 bits per heavy atom. The van der Waals surface area contributed by atoms with Crippen LogP contribution in [0.2, 0.25) is 0 Å². The molecule has 0 aliphatic heterocycles. The fraction of sp³-hybridized carbons (Fsp3) is 0.100. The molecule has 0 saturated heterocycles. The molecular formula is C10H8F3N3O2S2. The number of sulfonamides is 1. The zero-order chi connectivity index (χ0) is 15.0. The number of nitrogens with zero attached hydrogens (tertiary/aromatic N) is 1. The second-order valence-corrected chi connectivity index (χ2v) is 6.26. The van der Waals surface area contributed by atoms with Crippen LogP contribution in [0.3, 0.4) is 0 Å². The minimum absolute atomic E-state index is 0.186. The molecule has 0 fully saturated rings. The Balaban J connectivity index is 2.22. The molecule has 0 radical (unpaired) electrons. The van der Waals surface area contributed by atoms with Gasteiger partial charge in [-0.15, -0.1) is 11.3 Å². The maximum absolute atomic E-state index is 12.2. The molecule has 2 rings (SSSR count). The number of alkyl halides is 3. The highest BCUT2D eigenvalue weighted by molar-refractivity contribution is 7.93. The molecule has 1 aromatic carbocycles. The fourth-order valence-corrected chi connectivity index (χ4v) is 2.48. The zero-order valence-corrected chi connectivity index (χ0v) is 11.3. The molecule has 3 N–H and O–H groups in total. The summed E-state index contributed by atoms with van der Waals surface area (Å²) in [6.45, 7) is 0. The summed E-state index contributed by atoms with van der Waals surface area (Å²) < 4.78 is 59.9. The predicted octanol–water partition coefficient (Wildman–Crippen LogP) is 2.65. The van der Waals surface area contributed by atoms with E-state index in [2.05, 4.69) is 4.98 Å². The van der Waals surface area contributed by atoms with Gasteiger partial charge in [0, 0.05) is 16.6 Å². The first-order chi connectivity index (χ1) is 9.19. The van der Waals surface area contributed by atoms with Crippen molar-refractivity contribution >= 4 is 32.2 Å². The summed E-state index contributed by atoms with van der Waals surface area (Å²) >= 11 is 1.22. The van der Waals surface area contributed by atoms with Crippen LogP contribution in [0.1, 0.15) is 0 Å². The van der Waals surface area contributed by atoms with Gasteiger partial charge in [-0.1, -0.05) is 12.1 Å². The highest BCUT2D eigenvalue weighted by atomic mass is 32.2. The standard InChI is InChI=1S/C10H8F3N3O2S2/c11-10(12,13)20(17,18)16-7-3-1-6(2-4-7)8-5-19-9(14)15-8/h1-5,16H,(H2,14,15). The number of halogens is 3. The van der Waals surface area contributed by atoms with Crippen molar-refractivity contribution in [2.75, 3.05) is 10.5 Å².